The number of aromatic nitrogens is 3. The maximum Gasteiger partial charge on any atom is 0.262 e. The first-order chi connectivity index (χ1) is 22.7. The monoisotopic (exact) mass is 702 g/mol. The molecule has 0 saturated carbocycles. The standard InChI is InChI=1S/C36H39BrN4O6/c1-22(2)19-38-35-39-33-32(34(43)40-35)28(37)20-41(33)31-18-29(42)30(47-31)21-46-36(23-8-6-5-7-9-23,24-10-14-26(44-3)15-11-24)25-12-16-27(45-4)17-13-25/h5-17,20,22,29-31,42H,18-19,21H2,1-4H3,(H2,38,39,40,43)/t29-,30+,31+/m0/s1. The van der Waals surface area contributed by atoms with E-state index in [0.717, 1.165) is 28.2 Å². The lowest BCUT2D eigenvalue weighted by molar-refractivity contribution is -0.0930. The largest absolute Gasteiger partial charge is 0.497 e. The van der Waals surface area contributed by atoms with Gasteiger partial charge in [-0.1, -0.05) is 68.4 Å². The summed E-state index contributed by atoms with van der Waals surface area (Å²) in [5.41, 5.74) is 1.80. The summed E-state index contributed by atoms with van der Waals surface area (Å²) in [6, 6.07) is 25.6. The SMILES string of the molecule is COc1ccc(C(OC[C@H]2O[C@@H](n3cc(Br)c4c(=O)[nH]c(NCC(C)C)nc43)C[C@@H]2O)(c2ccccc2)c2ccc(OC)cc2)cc1. The lowest BCUT2D eigenvalue weighted by Gasteiger charge is -2.37. The highest BCUT2D eigenvalue weighted by Crippen LogP contribution is 2.43. The third kappa shape index (κ3) is 6.53. The molecule has 3 N–H and O–H groups in total. The van der Waals surface area contributed by atoms with Crippen molar-refractivity contribution in [2.24, 2.45) is 5.92 Å². The predicted octanol–water partition coefficient (Wildman–Crippen LogP) is 6.23. The van der Waals surface area contributed by atoms with Crippen molar-refractivity contribution in [2.45, 2.75) is 44.3 Å². The molecule has 246 valence electrons. The Hall–Kier alpha value is -4.16. The van der Waals surface area contributed by atoms with E-state index < -0.39 is 24.0 Å². The summed E-state index contributed by atoms with van der Waals surface area (Å²) < 4.78 is 26.8. The van der Waals surface area contributed by atoms with Crippen LogP contribution in [0.5, 0.6) is 11.5 Å². The molecular formula is C36H39BrN4O6. The van der Waals surface area contributed by atoms with Gasteiger partial charge < -0.3 is 33.9 Å². The van der Waals surface area contributed by atoms with E-state index in [1.54, 1.807) is 25.0 Å². The molecule has 1 aliphatic heterocycles. The van der Waals surface area contributed by atoms with Gasteiger partial charge in [-0.05, 0) is 62.8 Å². The van der Waals surface area contributed by atoms with Crippen molar-refractivity contribution in [1.82, 2.24) is 14.5 Å². The van der Waals surface area contributed by atoms with Gasteiger partial charge in [0.15, 0.2) is 5.65 Å². The predicted molar refractivity (Wildman–Crippen MR) is 184 cm³/mol. The topological polar surface area (TPSA) is 120 Å². The minimum absolute atomic E-state index is 0.0696. The average molecular weight is 704 g/mol. The molecule has 6 rings (SSSR count). The fourth-order valence-corrected chi connectivity index (χ4v) is 6.61. The Morgan fingerprint density at radius 1 is 1.00 bits per heavy atom. The quantitative estimate of drug-likeness (QED) is 0.131. The summed E-state index contributed by atoms with van der Waals surface area (Å²) in [6.07, 6.45) is -0.0133. The zero-order chi connectivity index (χ0) is 33.1. The van der Waals surface area contributed by atoms with Crippen LogP contribution in [0.3, 0.4) is 0 Å². The van der Waals surface area contributed by atoms with Crippen LogP contribution in [-0.4, -0.2) is 59.2 Å². The molecule has 3 atom stereocenters. The molecule has 47 heavy (non-hydrogen) atoms. The van der Waals surface area contributed by atoms with Crippen molar-refractivity contribution >= 4 is 32.9 Å². The van der Waals surface area contributed by atoms with E-state index in [4.69, 9.17) is 23.9 Å². The van der Waals surface area contributed by atoms with Crippen molar-refractivity contribution < 1.29 is 24.1 Å². The molecule has 2 aromatic heterocycles. The Bertz CT molecular complexity index is 1810. The van der Waals surface area contributed by atoms with Crippen LogP contribution in [0.1, 0.15) is 43.2 Å². The molecule has 0 amide bonds. The highest BCUT2D eigenvalue weighted by Gasteiger charge is 2.42. The molecule has 0 radical (unpaired) electrons. The summed E-state index contributed by atoms with van der Waals surface area (Å²) in [5, 5.41) is 15.0. The first-order valence-electron chi connectivity index (χ1n) is 15.6. The number of hydrogen-bond acceptors (Lipinski definition) is 8. The van der Waals surface area contributed by atoms with E-state index in [1.807, 2.05) is 78.9 Å². The van der Waals surface area contributed by atoms with Crippen LogP contribution in [0.25, 0.3) is 11.0 Å². The zero-order valence-corrected chi connectivity index (χ0v) is 28.4. The molecule has 1 fully saturated rings. The number of rotatable bonds is 12. The van der Waals surface area contributed by atoms with Gasteiger partial charge in [-0.25, -0.2) is 0 Å². The number of ether oxygens (including phenoxy) is 4. The smallest absolute Gasteiger partial charge is 0.262 e. The van der Waals surface area contributed by atoms with Gasteiger partial charge in [0.2, 0.25) is 5.95 Å². The molecule has 0 bridgehead atoms. The van der Waals surface area contributed by atoms with Crippen molar-refractivity contribution in [3.63, 3.8) is 0 Å². The number of halogens is 1. The molecule has 5 aromatic rings. The van der Waals surface area contributed by atoms with Crippen molar-refractivity contribution in [3.8, 4) is 11.5 Å². The molecule has 3 heterocycles. The molecule has 0 aliphatic carbocycles. The fourth-order valence-electron chi connectivity index (χ4n) is 6.03. The number of aromatic amines is 1. The van der Waals surface area contributed by atoms with Crippen LogP contribution in [0, 0.1) is 5.92 Å². The Balaban J connectivity index is 1.35. The first kappa shape index (κ1) is 32.8. The van der Waals surface area contributed by atoms with E-state index in [9.17, 15) is 9.90 Å². The van der Waals surface area contributed by atoms with Crippen molar-refractivity contribution in [2.75, 3.05) is 32.7 Å². The summed E-state index contributed by atoms with van der Waals surface area (Å²) in [7, 11) is 3.27. The van der Waals surface area contributed by atoms with Gasteiger partial charge in [-0.3, -0.25) is 9.78 Å². The lowest BCUT2D eigenvalue weighted by Crippen LogP contribution is -2.38. The average Bonchev–Trinajstić information content (AvgIpc) is 3.63. The van der Waals surface area contributed by atoms with E-state index in [2.05, 4.69) is 40.1 Å². The van der Waals surface area contributed by atoms with Gasteiger partial charge in [0.1, 0.15) is 29.4 Å². The second kappa shape index (κ2) is 13.9. The minimum atomic E-state index is -1.06. The number of nitrogens with zero attached hydrogens (tertiary/aromatic N) is 2. The maximum atomic E-state index is 13.0. The van der Waals surface area contributed by atoms with Gasteiger partial charge in [0.25, 0.3) is 5.56 Å². The van der Waals surface area contributed by atoms with E-state index in [-0.39, 0.29) is 18.6 Å². The number of benzene rings is 3. The molecular weight excluding hydrogens is 664 g/mol. The van der Waals surface area contributed by atoms with Crippen molar-refractivity contribution in [3.05, 3.63) is 117 Å². The molecule has 3 aromatic carbocycles. The summed E-state index contributed by atoms with van der Waals surface area (Å²) in [4.78, 5) is 20.5. The summed E-state index contributed by atoms with van der Waals surface area (Å²) >= 11 is 3.53. The van der Waals surface area contributed by atoms with E-state index >= 15 is 0 Å². The van der Waals surface area contributed by atoms with Crippen LogP contribution in [0.15, 0.2) is 94.3 Å². The number of anilines is 1. The van der Waals surface area contributed by atoms with Gasteiger partial charge in [0, 0.05) is 19.2 Å². The molecule has 11 heteroatoms. The maximum absolute atomic E-state index is 13.0. The Kier molecular flexibility index (Phi) is 9.70. The third-order valence-corrected chi connectivity index (χ3v) is 9.07. The van der Waals surface area contributed by atoms with Crippen LogP contribution >= 0.6 is 15.9 Å². The van der Waals surface area contributed by atoms with Crippen LogP contribution < -0.4 is 20.3 Å². The van der Waals surface area contributed by atoms with E-state index in [1.165, 1.54) is 0 Å². The van der Waals surface area contributed by atoms with Gasteiger partial charge in [-0.2, -0.15) is 4.98 Å². The number of aliphatic hydroxyl groups is 1. The number of nitrogens with one attached hydrogen (secondary N) is 2. The van der Waals surface area contributed by atoms with Crippen LogP contribution in [0.4, 0.5) is 5.95 Å². The zero-order valence-electron chi connectivity index (χ0n) is 26.8. The first-order valence-corrected chi connectivity index (χ1v) is 16.4. The third-order valence-electron chi connectivity index (χ3n) is 8.47. The Morgan fingerprint density at radius 3 is 2.17 bits per heavy atom. The lowest BCUT2D eigenvalue weighted by atomic mass is 9.80. The number of aliphatic hydroxyl groups excluding tert-OH is 1. The normalized spacial score (nSPS) is 18.1. The molecule has 0 unspecified atom stereocenters. The van der Waals surface area contributed by atoms with Crippen LogP contribution in [0.2, 0.25) is 0 Å². The Morgan fingerprint density at radius 2 is 1.60 bits per heavy atom. The number of hydrogen-bond donors (Lipinski definition) is 3. The van der Waals surface area contributed by atoms with Gasteiger partial charge in [-0.15, -0.1) is 0 Å². The van der Waals surface area contributed by atoms with Gasteiger partial charge in [0.05, 0.1) is 36.8 Å². The highest BCUT2D eigenvalue weighted by atomic mass is 79.9. The number of H-pyrrole nitrogens is 1. The van der Waals surface area contributed by atoms with Gasteiger partial charge >= 0.3 is 0 Å². The summed E-state index contributed by atoms with van der Waals surface area (Å²) in [5.74, 6) is 2.20. The summed E-state index contributed by atoms with van der Waals surface area (Å²) in [6.45, 7) is 4.88. The highest BCUT2D eigenvalue weighted by molar-refractivity contribution is 9.10. The molecule has 10 nitrogen and oxygen atoms in total. The number of methoxy groups -OCH3 is 2. The molecule has 1 aliphatic rings. The van der Waals surface area contributed by atoms with Crippen LogP contribution in [-0.2, 0) is 15.1 Å². The number of fused-ring (bicyclic) bond motifs is 1. The Labute approximate surface area is 281 Å². The fraction of sp³-hybridized carbons (Fsp3) is 0.333. The van der Waals surface area contributed by atoms with E-state index in [0.29, 0.717) is 33.9 Å². The van der Waals surface area contributed by atoms with Crippen molar-refractivity contribution in [1.29, 1.82) is 0 Å². The second-order valence-electron chi connectivity index (χ2n) is 12.0. The molecule has 1 saturated heterocycles. The minimum Gasteiger partial charge on any atom is -0.497 e. The molecule has 0 spiro atoms. The second-order valence-corrected chi connectivity index (χ2v) is 12.9.